The number of carbonyl (C=O) groups is 1. The maximum absolute atomic E-state index is 12.0. The first-order valence-electron chi connectivity index (χ1n) is 6.47. The van der Waals surface area contributed by atoms with Gasteiger partial charge in [-0.1, -0.05) is 12.8 Å². The second kappa shape index (κ2) is 5.15. The zero-order chi connectivity index (χ0) is 11.5. The van der Waals surface area contributed by atoms with Gasteiger partial charge in [-0.2, -0.15) is 0 Å². The molecule has 0 aromatic rings. The summed E-state index contributed by atoms with van der Waals surface area (Å²) in [6.07, 6.45) is 5.83. The Kier molecular flexibility index (Phi) is 3.82. The van der Waals surface area contributed by atoms with Gasteiger partial charge < -0.3 is 11.1 Å². The second-order valence-electron chi connectivity index (χ2n) is 5.21. The van der Waals surface area contributed by atoms with Gasteiger partial charge in [-0.05, 0) is 26.2 Å². The van der Waals surface area contributed by atoms with Crippen molar-refractivity contribution in [1.29, 1.82) is 0 Å². The Bertz CT molecular complexity index is 251. The summed E-state index contributed by atoms with van der Waals surface area (Å²) in [7, 11) is 0. The van der Waals surface area contributed by atoms with Crippen LogP contribution in [0.4, 0.5) is 0 Å². The van der Waals surface area contributed by atoms with Crippen molar-refractivity contribution in [3.8, 4) is 0 Å². The van der Waals surface area contributed by atoms with E-state index in [0.29, 0.717) is 6.04 Å². The molecule has 0 aromatic carbocycles. The lowest BCUT2D eigenvalue weighted by atomic mass is 10.2. The number of nitrogens with two attached hydrogens (primary N) is 1. The van der Waals surface area contributed by atoms with Gasteiger partial charge in [0.1, 0.15) is 0 Å². The predicted molar refractivity (Wildman–Crippen MR) is 64.0 cm³/mol. The molecule has 3 N–H and O–H groups in total. The highest BCUT2D eigenvalue weighted by atomic mass is 16.2. The number of hydrogen-bond acceptors (Lipinski definition) is 3. The molecule has 0 radical (unpaired) electrons. The van der Waals surface area contributed by atoms with Crippen LogP contribution in [-0.2, 0) is 4.79 Å². The zero-order valence-electron chi connectivity index (χ0n) is 10.1. The van der Waals surface area contributed by atoms with E-state index in [-0.39, 0.29) is 18.0 Å². The molecule has 0 spiro atoms. The normalized spacial score (nSPS) is 29.5. The fourth-order valence-corrected chi connectivity index (χ4v) is 2.72. The fourth-order valence-electron chi connectivity index (χ4n) is 2.72. The Hall–Kier alpha value is -0.610. The molecule has 4 nitrogen and oxygen atoms in total. The van der Waals surface area contributed by atoms with Crippen molar-refractivity contribution in [3.05, 3.63) is 0 Å². The minimum absolute atomic E-state index is 0.0193. The summed E-state index contributed by atoms with van der Waals surface area (Å²) >= 11 is 0. The van der Waals surface area contributed by atoms with Crippen LogP contribution in [0, 0.1) is 0 Å². The van der Waals surface area contributed by atoms with E-state index in [1.54, 1.807) is 0 Å². The Labute approximate surface area is 97.6 Å². The number of rotatable bonds is 3. The van der Waals surface area contributed by atoms with Gasteiger partial charge in [0.15, 0.2) is 0 Å². The number of nitrogens with zero attached hydrogens (tertiary/aromatic N) is 1. The summed E-state index contributed by atoms with van der Waals surface area (Å²) in [6, 6.07) is 0.655. The third kappa shape index (κ3) is 2.74. The van der Waals surface area contributed by atoms with Gasteiger partial charge in [-0.3, -0.25) is 9.69 Å². The Morgan fingerprint density at radius 1 is 1.38 bits per heavy atom. The van der Waals surface area contributed by atoms with Crippen LogP contribution < -0.4 is 11.1 Å². The lowest BCUT2D eigenvalue weighted by Crippen LogP contribution is -2.47. The molecule has 1 heterocycles. The van der Waals surface area contributed by atoms with E-state index in [0.717, 1.165) is 32.4 Å². The van der Waals surface area contributed by atoms with Crippen LogP contribution in [-0.4, -0.2) is 42.0 Å². The molecule has 0 bridgehead atoms. The third-order valence-corrected chi connectivity index (χ3v) is 3.88. The Balaban J connectivity index is 1.79. The van der Waals surface area contributed by atoms with Gasteiger partial charge in [0.25, 0.3) is 0 Å². The predicted octanol–water partition coefficient (Wildman–Crippen LogP) is 0.467. The van der Waals surface area contributed by atoms with Crippen LogP contribution >= 0.6 is 0 Å². The lowest BCUT2D eigenvalue weighted by molar-refractivity contribution is -0.126. The minimum Gasteiger partial charge on any atom is -0.352 e. The van der Waals surface area contributed by atoms with Crippen LogP contribution in [0.5, 0.6) is 0 Å². The highest BCUT2D eigenvalue weighted by Crippen LogP contribution is 2.18. The summed E-state index contributed by atoms with van der Waals surface area (Å²) in [6.45, 7) is 3.81. The number of nitrogens with one attached hydrogen (secondary N) is 1. The molecule has 2 rings (SSSR count). The average Bonchev–Trinajstić information content (AvgIpc) is 2.88. The summed E-state index contributed by atoms with van der Waals surface area (Å²) in [5, 5.41) is 3.15. The molecule has 2 atom stereocenters. The van der Waals surface area contributed by atoms with Crippen molar-refractivity contribution in [2.75, 3.05) is 13.1 Å². The number of amides is 1. The molecule has 2 fully saturated rings. The highest BCUT2D eigenvalue weighted by molar-refractivity contribution is 5.81. The van der Waals surface area contributed by atoms with Crippen molar-refractivity contribution >= 4 is 5.91 Å². The van der Waals surface area contributed by atoms with Crippen LogP contribution in [0.25, 0.3) is 0 Å². The molecule has 1 amide bonds. The van der Waals surface area contributed by atoms with Crippen LogP contribution in [0.1, 0.15) is 39.0 Å². The topological polar surface area (TPSA) is 58.4 Å². The largest absolute Gasteiger partial charge is 0.352 e. The fraction of sp³-hybridized carbons (Fsp3) is 0.917. The van der Waals surface area contributed by atoms with Gasteiger partial charge in [0.05, 0.1) is 6.04 Å². The first-order valence-corrected chi connectivity index (χ1v) is 6.47. The van der Waals surface area contributed by atoms with Crippen molar-refractivity contribution in [1.82, 2.24) is 10.2 Å². The van der Waals surface area contributed by atoms with Crippen LogP contribution in [0.3, 0.4) is 0 Å². The maximum Gasteiger partial charge on any atom is 0.237 e. The molecule has 0 aromatic heterocycles. The molecule has 2 aliphatic rings. The monoisotopic (exact) mass is 225 g/mol. The van der Waals surface area contributed by atoms with E-state index >= 15 is 0 Å². The van der Waals surface area contributed by atoms with Crippen molar-refractivity contribution in [3.63, 3.8) is 0 Å². The van der Waals surface area contributed by atoms with E-state index in [9.17, 15) is 4.79 Å². The standard InChI is InChI=1S/C12H23N3O/c1-9(15-7-6-10(13)8-15)12(16)14-11-4-2-3-5-11/h9-11H,2-8,13H2,1H3,(H,14,16)/t9?,10-/m0/s1. The average molecular weight is 225 g/mol. The molecule has 1 saturated heterocycles. The van der Waals surface area contributed by atoms with E-state index in [1.165, 1.54) is 12.8 Å². The second-order valence-corrected chi connectivity index (χ2v) is 5.21. The Morgan fingerprint density at radius 2 is 2.06 bits per heavy atom. The zero-order valence-corrected chi connectivity index (χ0v) is 10.1. The summed E-state index contributed by atoms with van der Waals surface area (Å²) in [5.74, 6) is 0.181. The highest BCUT2D eigenvalue weighted by Gasteiger charge is 2.29. The molecular formula is C12H23N3O. The molecular weight excluding hydrogens is 202 g/mol. The smallest absolute Gasteiger partial charge is 0.237 e. The van der Waals surface area contributed by atoms with Gasteiger partial charge in [-0.25, -0.2) is 0 Å². The van der Waals surface area contributed by atoms with Gasteiger partial charge >= 0.3 is 0 Å². The first kappa shape index (κ1) is 11.9. The lowest BCUT2D eigenvalue weighted by Gasteiger charge is -2.24. The van der Waals surface area contributed by atoms with Gasteiger partial charge in [0, 0.05) is 25.2 Å². The van der Waals surface area contributed by atoms with E-state index in [1.807, 2.05) is 6.92 Å². The van der Waals surface area contributed by atoms with Crippen molar-refractivity contribution in [2.45, 2.75) is 57.2 Å². The van der Waals surface area contributed by atoms with Gasteiger partial charge in [-0.15, -0.1) is 0 Å². The first-order chi connectivity index (χ1) is 7.66. The number of hydrogen-bond donors (Lipinski definition) is 2. The van der Waals surface area contributed by atoms with Crippen LogP contribution in [0.2, 0.25) is 0 Å². The molecule has 1 aliphatic heterocycles. The third-order valence-electron chi connectivity index (χ3n) is 3.88. The Morgan fingerprint density at radius 3 is 2.62 bits per heavy atom. The molecule has 1 aliphatic carbocycles. The van der Waals surface area contributed by atoms with Crippen LogP contribution in [0.15, 0.2) is 0 Å². The summed E-state index contributed by atoms with van der Waals surface area (Å²) < 4.78 is 0. The maximum atomic E-state index is 12.0. The number of likely N-dealkylation sites (tertiary alicyclic amines) is 1. The molecule has 4 heteroatoms. The van der Waals surface area contributed by atoms with E-state index in [4.69, 9.17) is 5.73 Å². The summed E-state index contributed by atoms with van der Waals surface area (Å²) in [5.41, 5.74) is 5.85. The minimum atomic E-state index is -0.0193. The SMILES string of the molecule is CC(C(=O)NC1CCCC1)N1CC[C@H](N)C1. The van der Waals surface area contributed by atoms with Crippen molar-refractivity contribution < 1.29 is 4.79 Å². The molecule has 92 valence electrons. The molecule has 1 saturated carbocycles. The van der Waals surface area contributed by atoms with Crippen molar-refractivity contribution in [2.24, 2.45) is 5.73 Å². The molecule has 1 unspecified atom stereocenters. The van der Waals surface area contributed by atoms with E-state index in [2.05, 4.69) is 10.2 Å². The van der Waals surface area contributed by atoms with Gasteiger partial charge in [0.2, 0.25) is 5.91 Å². The quantitative estimate of drug-likeness (QED) is 0.734. The number of carbonyl (C=O) groups excluding carboxylic acids is 1. The summed E-state index contributed by atoms with van der Waals surface area (Å²) in [4.78, 5) is 14.2. The van der Waals surface area contributed by atoms with E-state index < -0.39 is 0 Å². The molecule has 16 heavy (non-hydrogen) atoms.